The van der Waals surface area contributed by atoms with E-state index >= 15 is 0 Å². The molecule has 0 fully saturated rings. The molecular formula is C14H15Cl2NO2. The molecule has 0 bridgehead atoms. The highest BCUT2D eigenvalue weighted by molar-refractivity contribution is 6.34. The van der Waals surface area contributed by atoms with Crippen molar-refractivity contribution in [2.75, 3.05) is 6.54 Å². The largest absolute Gasteiger partial charge is 0.488 e. The Morgan fingerprint density at radius 2 is 2.16 bits per heavy atom. The van der Waals surface area contributed by atoms with Crippen molar-refractivity contribution < 1.29 is 9.15 Å². The fraction of sp³-hybridized carbons (Fsp3) is 0.286. The van der Waals surface area contributed by atoms with E-state index in [9.17, 15) is 0 Å². The van der Waals surface area contributed by atoms with Crippen LogP contribution in [0.3, 0.4) is 0 Å². The number of benzene rings is 1. The van der Waals surface area contributed by atoms with E-state index in [1.54, 1.807) is 24.5 Å². The van der Waals surface area contributed by atoms with Crippen molar-refractivity contribution in [2.24, 2.45) is 0 Å². The fourth-order valence-electron chi connectivity index (χ4n) is 1.64. The molecule has 1 heterocycles. The highest BCUT2D eigenvalue weighted by atomic mass is 35.5. The van der Waals surface area contributed by atoms with Gasteiger partial charge in [0.15, 0.2) is 0 Å². The van der Waals surface area contributed by atoms with Crippen LogP contribution in [0.1, 0.15) is 12.7 Å². The molecule has 0 aliphatic rings. The molecule has 3 nitrogen and oxygen atoms in total. The third-order valence-electron chi connectivity index (χ3n) is 2.53. The van der Waals surface area contributed by atoms with Gasteiger partial charge in [0.25, 0.3) is 0 Å². The highest BCUT2D eigenvalue weighted by Crippen LogP contribution is 2.28. The van der Waals surface area contributed by atoms with E-state index in [0.29, 0.717) is 28.9 Å². The van der Waals surface area contributed by atoms with Gasteiger partial charge in [0.05, 0.1) is 17.8 Å². The molecule has 1 N–H and O–H groups in total. The molecule has 19 heavy (non-hydrogen) atoms. The Labute approximate surface area is 122 Å². The second-order valence-electron chi connectivity index (χ2n) is 4.21. The van der Waals surface area contributed by atoms with Crippen molar-refractivity contribution in [3.8, 4) is 5.75 Å². The molecule has 0 spiro atoms. The van der Waals surface area contributed by atoms with Crippen LogP contribution < -0.4 is 10.1 Å². The van der Waals surface area contributed by atoms with Gasteiger partial charge >= 0.3 is 0 Å². The van der Waals surface area contributed by atoms with Crippen LogP contribution in [0.25, 0.3) is 0 Å². The van der Waals surface area contributed by atoms with Crippen molar-refractivity contribution in [2.45, 2.75) is 19.6 Å². The van der Waals surface area contributed by atoms with Crippen LogP contribution in [-0.2, 0) is 6.54 Å². The summed E-state index contributed by atoms with van der Waals surface area (Å²) in [6, 6.07) is 8.96. The second-order valence-corrected chi connectivity index (χ2v) is 5.06. The summed E-state index contributed by atoms with van der Waals surface area (Å²) in [5.74, 6) is 1.49. The Morgan fingerprint density at radius 1 is 1.32 bits per heavy atom. The quantitative estimate of drug-likeness (QED) is 0.870. The van der Waals surface area contributed by atoms with Crippen LogP contribution in [-0.4, -0.2) is 12.6 Å². The van der Waals surface area contributed by atoms with Crippen LogP contribution in [0.5, 0.6) is 5.75 Å². The van der Waals surface area contributed by atoms with Crippen LogP contribution in [0.15, 0.2) is 41.0 Å². The number of hydrogen-bond acceptors (Lipinski definition) is 3. The molecule has 0 radical (unpaired) electrons. The van der Waals surface area contributed by atoms with Gasteiger partial charge < -0.3 is 14.5 Å². The minimum atomic E-state index is -0.0223. The van der Waals surface area contributed by atoms with Crippen molar-refractivity contribution in [1.82, 2.24) is 5.32 Å². The number of hydrogen-bond donors (Lipinski definition) is 1. The SMILES string of the molecule is CC(CNCc1ccco1)Oc1cc(Cl)ccc1Cl. The van der Waals surface area contributed by atoms with Crippen LogP contribution >= 0.6 is 23.2 Å². The number of nitrogens with one attached hydrogen (secondary N) is 1. The molecule has 102 valence electrons. The van der Waals surface area contributed by atoms with Gasteiger partial charge in [0.2, 0.25) is 0 Å². The lowest BCUT2D eigenvalue weighted by Crippen LogP contribution is -2.28. The second kappa shape index (κ2) is 6.85. The molecule has 0 aliphatic heterocycles. The lowest BCUT2D eigenvalue weighted by molar-refractivity contribution is 0.215. The van der Waals surface area contributed by atoms with E-state index in [4.69, 9.17) is 32.4 Å². The molecular weight excluding hydrogens is 285 g/mol. The predicted octanol–water partition coefficient (Wildman–Crippen LogP) is 4.14. The monoisotopic (exact) mass is 299 g/mol. The molecule has 0 aliphatic carbocycles. The smallest absolute Gasteiger partial charge is 0.139 e. The topological polar surface area (TPSA) is 34.4 Å². The van der Waals surface area contributed by atoms with Crippen molar-refractivity contribution in [3.63, 3.8) is 0 Å². The van der Waals surface area contributed by atoms with Gasteiger partial charge in [-0.25, -0.2) is 0 Å². The third-order valence-corrected chi connectivity index (χ3v) is 3.08. The lowest BCUT2D eigenvalue weighted by atomic mass is 10.3. The summed E-state index contributed by atoms with van der Waals surface area (Å²) < 4.78 is 11.0. The van der Waals surface area contributed by atoms with E-state index in [1.165, 1.54) is 0 Å². The summed E-state index contributed by atoms with van der Waals surface area (Å²) in [5.41, 5.74) is 0. The molecule has 1 atom stereocenters. The molecule has 2 rings (SSSR count). The van der Waals surface area contributed by atoms with E-state index in [-0.39, 0.29) is 6.10 Å². The first-order chi connectivity index (χ1) is 9.15. The average molecular weight is 300 g/mol. The molecule has 0 amide bonds. The Kier molecular flexibility index (Phi) is 5.14. The molecule has 1 unspecified atom stereocenters. The Morgan fingerprint density at radius 3 is 2.89 bits per heavy atom. The number of rotatable bonds is 6. The summed E-state index contributed by atoms with van der Waals surface area (Å²) in [6.45, 7) is 3.32. The van der Waals surface area contributed by atoms with E-state index in [1.807, 2.05) is 19.1 Å². The fourth-order valence-corrected chi connectivity index (χ4v) is 1.96. The minimum absolute atomic E-state index is 0.0223. The van der Waals surface area contributed by atoms with Crippen molar-refractivity contribution in [3.05, 3.63) is 52.4 Å². The normalized spacial score (nSPS) is 12.4. The lowest BCUT2D eigenvalue weighted by Gasteiger charge is -2.16. The molecule has 5 heteroatoms. The molecule has 0 saturated heterocycles. The van der Waals surface area contributed by atoms with E-state index in [0.717, 1.165) is 5.76 Å². The average Bonchev–Trinajstić information content (AvgIpc) is 2.87. The van der Waals surface area contributed by atoms with E-state index in [2.05, 4.69) is 5.32 Å². The first kappa shape index (κ1) is 14.3. The zero-order chi connectivity index (χ0) is 13.7. The van der Waals surface area contributed by atoms with Crippen LogP contribution in [0, 0.1) is 0 Å². The van der Waals surface area contributed by atoms with E-state index < -0.39 is 0 Å². The predicted molar refractivity (Wildman–Crippen MR) is 77.0 cm³/mol. The van der Waals surface area contributed by atoms with Gasteiger partial charge in [-0.2, -0.15) is 0 Å². The molecule has 1 aromatic carbocycles. The number of halogens is 2. The maximum absolute atomic E-state index is 6.04. The summed E-state index contributed by atoms with van der Waals surface area (Å²) in [7, 11) is 0. The Bertz CT molecular complexity index is 514. The molecule has 1 aromatic heterocycles. The third kappa shape index (κ3) is 4.46. The zero-order valence-corrected chi connectivity index (χ0v) is 12.0. The van der Waals surface area contributed by atoms with Gasteiger partial charge in [0, 0.05) is 17.6 Å². The Balaban J connectivity index is 1.80. The van der Waals surface area contributed by atoms with Gasteiger partial charge in [0.1, 0.15) is 17.6 Å². The molecule has 2 aromatic rings. The van der Waals surface area contributed by atoms with Crippen molar-refractivity contribution >= 4 is 23.2 Å². The van der Waals surface area contributed by atoms with Crippen LogP contribution in [0.2, 0.25) is 10.0 Å². The summed E-state index contributed by atoms with van der Waals surface area (Å²) in [5, 5.41) is 4.41. The maximum Gasteiger partial charge on any atom is 0.139 e. The summed E-state index contributed by atoms with van der Waals surface area (Å²) in [4.78, 5) is 0. The van der Waals surface area contributed by atoms with Crippen molar-refractivity contribution in [1.29, 1.82) is 0 Å². The zero-order valence-electron chi connectivity index (χ0n) is 10.5. The summed E-state index contributed by atoms with van der Waals surface area (Å²) in [6.07, 6.45) is 1.63. The first-order valence-corrected chi connectivity index (χ1v) is 6.75. The van der Waals surface area contributed by atoms with Crippen LogP contribution in [0.4, 0.5) is 0 Å². The highest BCUT2D eigenvalue weighted by Gasteiger charge is 2.08. The standard InChI is InChI=1S/C14H15Cl2NO2/c1-10(8-17-9-12-3-2-6-18-12)19-14-7-11(15)4-5-13(14)16/h2-7,10,17H,8-9H2,1H3. The molecule has 0 saturated carbocycles. The minimum Gasteiger partial charge on any atom is -0.488 e. The van der Waals surface area contributed by atoms with Gasteiger partial charge in [-0.05, 0) is 31.2 Å². The summed E-state index contributed by atoms with van der Waals surface area (Å²) >= 11 is 11.9. The van der Waals surface area contributed by atoms with Gasteiger partial charge in [-0.1, -0.05) is 23.2 Å². The first-order valence-electron chi connectivity index (χ1n) is 6.00. The maximum atomic E-state index is 6.04. The number of furan rings is 1. The van der Waals surface area contributed by atoms with Gasteiger partial charge in [-0.3, -0.25) is 0 Å². The van der Waals surface area contributed by atoms with Gasteiger partial charge in [-0.15, -0.1) is 0 Å². The number of ether oxygens (including phenoxy) is 1. The Hall–Kier alpha value is -1.16.